The summed E-state index contributed by atoms with van der Waals surface area (Å²) in [5, 5.41) is 4.97. The second kappa shape index (κ2) is 8.86. The van der Waals surface area contributed by atoms with Crippen molar-refractivity contribution in [3.63, 3.8) is 0 Å². The minimum Gasteiger partial charge on any atom is -0.368 e. The molecule has 0 aliphatic carbocycles. The van der Waals surface area contributed by atoms with E-state index in [9.17, 15) is 9.59 Å². The predicted octanol–water partition coefficient (Wildman–Crippen LogP) is 2.82. The van der Waals surface area contributed by atoms with E-state index in [1.807, 2.05) is 23.1 Å². The first-order valence-corrected chi connectivity index (χ1v) is 10.6. The number of nitrogens with zero attached hydrogens (tertiary/aromatic N) is 2. The van der Waals surface area contributed by atoms with Crippen LogP contribution < -0.4 is 5.32 Å². The Labute approximate surface area is 169 Å². The summed E-state index contributed by atoms with van der Waals surface area (Å²) in [7, 11) is 0. The molecule has 0 spiro atoms. The lowest BCUT2D eigenvalue weighted by Crippen LogP contribution is -2.48. The highest BCUT2D eigenvalue weighted by Crippen LogP contribution is 2.18. The Hall–Kier alpha value is -2.22. The molecule has 2 fully saturated rings. The number of hydrogen-bond donors (Lipinski definition) is 1. The summed E-state index contributed by atoms with van der Waals surface area (Å²) in [4.78, 5) is 30.8. The van der Waals surface area contributed by atoms with E-state index in [1.54, 1.807) is 17.4 Å². The molecule has 1 aromatic heterocycles. The number of rotatable bonds is 5. The topological polar surface area (TPSA) is 61.9 Å². The Kier molecular flexibility index (Phi) is 6.04. The van der Waals surface area contributed by atoms with Gasteiger partial charge in [-0.25, -0.2) is 0 Å². The second-order valence-corrected chi connectivity index (χ2v) is 8.25. The molecule has 4 rings (SSSR count). The van der Waals surface area contributed by atoms with E-state index in [0.717, 1.165) is 45.6 Å². The van der Waals surface area contributed by atoms with Crippen LogP contribution >= 0.6 is 11.3 Å². The molecule has 6 nitrogen and oxygen atoms in total. The molecule has 0 radical (unpaired) electrons. The number of carbonyl (C=O) groups excluding carboxylic acids is 2. The third-order valence-electron chi connectivity index (χ3n) is 5.22. The first-order valence-electron chi connectivity index (χ1n) is 9.75. The predicted molar refractivity (Wildman–Crippen MR) is 110 cm³/mol. The molecule has 1 atom stereocenters. The minimum atomic E-state index is -0.379. The van der Waals surface area contributed by atoms with Gasteiger partial charge in [0.15, 0.2) is 0 Å². The summed E-state index contributed by atoms with van der Waals surface area (Å²) >= 11 is 1.77. The van der Waals surface area contributed by atoms with Gasteiger partial charge in [0.05, 0.1) is 0 Å². The number of nitrogens with one attached hydrogen (secondary N) is 1. The lowest BCUT2D eigenvalue weighted by Gasteiger charge is -2.34. The Bertz CT molecular complexity index is 810. The van der Waals surface area contributed by atoms with Gasteiger partial charge < -0.3 is 15.0 Å². The van der Waals surface area contributed by atoms with Crippen LogP contribution in [0.15, 0.2) is 41.8 Å². The number of ether oxygens (including phenoxy) is 1. The van der Waals surface area contributed by atoms with Crippen LogP contribution in [-0.2, 0) is 16.1 Å². The Morgan fingerprint density at radius 1 is 1.14 bits per heavy atom. The van der Waals surface area contributed by atoms with Crippen molar-refractivity contribution in [2.75, 3.05) is 38.1 Å². The van der Waals surface area contributed by atoms with Crippen molar-refractivity contribution in [2.24, 2.45) is 0 Å². The van der Waals surface area contributed by atoms with E-state index >= 15 is 0 Å². The second-order valence-electron chi connectivity index (χ2n) is 7.22. The van der Waals surface area contributed by atoms with Crippen LogP contribution in [0.1, 0.15) is 28.1 Å². The summed E-state index contributed by atoms with van der Waals surface area (Å²) < 4.78 is 5.42. The van der Waals surface area contributed by atoms with Crippen LogP contribution in [0.2, 0.25) is 0 Å². The Morgan fingerprint density at radius 3 is 2.71 bits per heavy atom. The summed E-state index contributed by atoms with van der Waals surface area (Å²) in [6.07, 6.45) is 1.28. The molecule has 2 saturated heterocycles. The fourth-order valence-corrected chi connectivity index (χ4v) is 4.40. The number of thiophene rings is 1. The zero-order valence-electron chi connectivity index (χ0n) is 15.8. The van der Waals surface area contributed by atoms with Crippen LogP contribution in [0.5, 0.6) is 0 Å². The normalized spacial score (nSPS) is 20.3. The number of amides is 2. The van der Waals surface area contributed by atoms with Crippen molar-refractivity contribution in [3.8, 4) is 0 Å². The van der Waals surface area contributed by atoms with Crippen LogP contribution in [0.3, 0.4) is 0 Å². The van der Waals surface area contributed by atoms with E-state index in [1.165, 1.54) is 4.88 Å². The quantitative estimate of drug-likeness (QED) is 0.840. The first kappa shape index (κ1) is 19.1. The molecule has 0 saturated carbocycles. The Balaban J connectivity index is 1.32. The molecular weight excluding hydrogens is 374 g/mol. The molecule has 2 aromatic rings. The summed E-state index contributed by atoms with van der Waals surface area (Å²) in [5.74, 6) is -0.117. The van der Waals surface area contributed by atoms with E-state index < -0.39 is 0 Å². The Morgan fingerprint density at radius 2 is 2.00 bits per heavy atom. The lowest BCUT2D eigenvalue weighted by molar-refractivity contribution is -0.124. The average Bonchev–Trinajstić information content (AvgIpc) is 3.42. The zero-order chi connectivity index (χ0) is 19.3. The molecule has 0 bridgehead atoms. The van der Waals surface area contributed by atoms with E-state index in [0.29, 0.717) is 17.9 Å². The highest BCUT2D eigenvalue weighted by molar-refractivity contribution is 7.09. The van der Waals surface area contributed by atoms with Crippen molar-refractivity contribution >= 4 is 28.8 Å². The van der Waals surface area contributed by atoms with Gasteiger partial charge in [-0.3, -0.25) is 14.5 Å². The maximum absolute atomic E-state index is 12.9. The molecule has 1 N–H and O–H groups in total. The van der Waals surface area contributed by atoms with Gasteiger partial charge in [-0.15, -0.1) is 11.3 Å². The zero-order valence-corrected chi connectivity index (χ0v) is 16.6. The van der Waals surface area contributed by atoms with Gasteiger partial charge in [-0.1, -0.05) is 12.1 Å². The molecule has 148 valence electrons. The van der Waals surface area contributed by atoms with E-state index in [4.69, 9.17) is 4.74 Å². The molecule has 7 heteroatoms. The van der Waals surface area contributed by atoms with Crippen molar-refractivity contribution in [2.45, 2.75) is 25.5 Å². The van der Waals surface area contributed by atoms with Crippen molar-refractivity contribution < 1.29 is 14.3 Å². The fraction of sp³-hybridized carbons (Fsp3) is 0.429. The van der Waals surface area contributed by atoms with Gasteiger partial charge >= 0.3 is 0 Å². The van der Waals surface area contributed by atoms with Crippen LogP contribution in [0.4, 0.5) is 5.69 Å². The maximum atomic E-state index is 12.9. The molecule has 1 unspecified atom stereocenters. The van der Waals surface area contributed by atoms with Gasteiger partial charge in [0.1, 0.15) is 6.10 Å². The van der Waals surface area contributed by atoms with Crippen molar-refractivity contribution in [3.05, 3.63) is 52.2 Å². The molecule has 2 aliphatic heterocycles. The highest BCUT2D eigenvalue weighted by Gasteiger charge is 2.25. The van der Waals surface area contributed by atoms with E-state index in [-0.39, 0.29) is 17.9 Å². The smallest absolute Gasteiger partial charge is 0.254 e. The van der Waals surface area contributed by atoms with Crippen LogP contribution in [0.25, 0.3) is 0 Å². The molecule has 28 heavy (non-hydrogen) atoms. The number of hydrogen-bond acceptors (Lipinski definition) is 5. The highest BCUT2D eigenvalue weighted by atomic mass is 32.1. The summed E-state index contributed by atoms with van der Waals surface area (Å²) in [6.45, 7) is 4.77. The van der Waals surface area contributed by atoms with Gasteiger partial charge in [-0.2, -0.15) is 0 Å². The summed E-state index contributed by atoms with van der Waals surface area (Å²) in [5.41, 5.74) is 1.25. The standard InChI is InChI=1S/C21H25N3O3S/c25-20(19-7-2-12-27-19)22-17-5-1-4-16(14-17)21(26)24-10-8-23(9-11-24)15-18-6-3-13-28-18/h1,3-6,13-14,19H,2,7-12,15H2,(H,22,25). The molecule has 3 heterocycles. The average molecular weight is 400 g/mol. The molecular formula is C21H25N3O3S. The van der Waals surface area contributed by atoms with Gasteiger partial charge in [0.2, 0.25) is 0 Å². The number of piperazine rings is 1. The molecule has 2 aliphatic rings. The molecule has 1 aromatic carbocycles. The SMILES string of the molecule is O=C(Nc1cccc(C(=O)N2CCN(Cc3cccs3)CC2)c1)C1CCCO1. The number of benzene rings is 1. The van der Waals surface area contributed by atoms with Gasteiger partial charge in [0.25, 0.3) is 11.8 Å². The third-order valence-corrected chi connectivity index (χ3v) is 6.08. The van der Waals surface area contributed by atoms with Gasteiger partial charge in [0, 0.05) is 55.5 Å². The monoisotopic (exact) mass is 399 g/mol. The van der Waals surface area contributed by atoms with Gasteiger partial charge in [-0.05, 0) is 42.5 Å². The van der Waals surface area contributed by atoms with Crippen molar-refractivity contribution in [1.82, 2.24) is 9.80 Å². The maximum Gasteiger partial charge on any atom is 0.254 e. The number of carbonyl (C=O) groups is 2. The third kappa shape index (κ3) is 4.60. The first-order chi connectivity index (χ1) is 13.7. The van der Waals surface area contributed by atoms with Crippen LogP contribution in [-0.4, -0.2) is 60.5 Å². The largest absolute Gasteiger partial charge is 0.368 e. The lowest BCUT2D eigenvalue weighted by atomic mass is 10.1. The minimum absolute atomic E-state index is 0.0176. The van der Waals surface area contributed by atoms with Crippen molar-refractivity contribution in [1.29, 1.82) is 0 Å². The van der Waals surface area contributed by atoms with Crippen LogP contribution in [0, 0.1) is 0 Å². The fourth-order valence-electron chi connectivity index (χ4n) is 3.65. The van der Waals surface area contributed by atoms with E-state index in [2.05, 4.69) is 27.7 Å². The number of anilines is 1. The molecule has 2 amide bonds. The summed E-state index contributed by atoms with van der Waals surface area (Å²) in [6, 6.07) is 11.4.